The van der Waals surface area contributed by atoms with Gasteiger partial charge in [0, 0.05) is 13.0 Å². The maximum absolute atomic E-state index is 12.1. The Balaban J connectivity index is 3.53. The summed E-state index contributed by atoms with van der Waals surface area (Å²) in [6, 6.07) is 0. The van der Waals surface area contributed by atoms with Gasteiger partial charge in [-0.15, -0.1) is 0 Å². The number of hydrogen-bond acceptors (Lipinski definition) is 4. The smallest absolute Gasteiger partial charge is 0.306 e. The molecule has 0 bridgehead atoms. The zero-order chi connectivity index (χ0) is 32.7. The van der Waals surface area contributed by atoms with Crippen LogP contribution in [0.15, 0.2) is 72.9 Å². The van der Waals surface area contributed by atoms with E-state index >= 15 is 0 Å². The number of allylic oxidation sites excluding steroid dienone is 12. The molecule has 0 saturated carbocycles. The van der Waals surface area contributed by atoms with E-state index in [4.69, 9.17) is 9.47 Å². The van der Waals surface area contributed by atoms with Gasteiger partial charge in [0.05, 0.1) is 13.2 Å². The molecule has 0 fully saturated rings. The topological polar surface area (TPSA) is 55.8 Å². The summed E-state index contributed by atoms with van der Waals surface area (Å²) in [7, 11) is 0. The van der Waals surface area contributed by atoms with Gasteiger partial charge in [-0.25, -0.2) is 0 Å². The Morgan fingerprint density at radius 1 is 0.556 bits per heavy atom. The molecule has 0 heterocycles. The summed E-state index contributed by atoms with van der Waals surface area (Å²) in [6.45, 7) is 5.11. The van der Waals surface area contributed by atoms with Crippen LogP contribution >= 0.6 is 0 Å². The molecule has 1 unspecified atom stereocenters. The Morgan fingerprint density at radius 2 is 1.00 bits per heavy atom. The first kappa shape index (κ1) is 42.8. The molecule has 0 radical (unpaired) electrons. The van der Waals surface area contributed by atoms with E-state index in [-0.39, 0.29) is 19.2 Å². The Kier molecular flexibility index (Phi) is 36.2. The fourth-order valence-electron chi connectivity index (χ4n) is 4.78. The van der Waals surface area contributed by atoms with Gasteiger partial charge >= 0.3 is 5.97 Å². The molecule has 0 aliphatic rings. The van der Waals surface area contributed by atoms with E-state index in [0.717, 1.165) is 38.5 Å². The van der Waals surface area contributed by atoms with Crippen molar-refractivity contribution in [1.29, 1.82) is 0 Å². The van der Waals surface area contributed by atoms with Crippen LogP contribution in [-0.2, 0) is 14.3 Å². The largest absolute Gasteiger partial charge is 0.457 e. The number of unbranched alkanes of at least 4 members (excludes halogenated alkanes) is 13. The number of ether oxygens (including phenoxy) is 2. The first-order valence-corrected chi connectivity index (χ1v) is 18.5. The minimum atomic E-state index is -0.576. The van der Waals surface area contributed by atoms with Crippen molar-refractivity contribution in [2.75, 3.05) is 19.8 Å². The van der Waals surface area contributed by atoms with Crippen LogP contribution in [0.2, 0.25) is 0 Å². The van der Waals surface area contributed by atoms with Crippen LogP contribution in [0, 0.1) is 0 Å². The molecule has 4 nitrogen and oxygen atoms in total. The standard InChI is InChI=1S/C41H70O4/c1-3-5-7-9-11-13-15-17-18-19-20-21-22-23-25-27-29-31-33-35-37-44-39-40(38-42)45-41(43)36-34-32-30-28-26-24-16-14-12-10-8-6-4-2/h6,8,11-14,17-18,24,26,30,32,40,42H,3-5,7,9-10,15-16,19-23,25,27-29,31,33-39H2,1-2H3/b8-6-,13-11-,14-12-,18-17-,26-24-,32-30-. The number of aliphatic hydroxyl groups excluding tert-OH is 1. The summed E-state index contributed by atoms with van der Waals surface area (Å²) in [5, 5.41) is 9.54. The molecule has 0 aromatic carbocycles. The van der Waals surface area contributed by atoms with Gasteiger partial charge in [0.15, 0.2) is 0 Å². The third kappa shape index (κ3) is 36.2. The minimum absolute atomic E-state index is 0.205. The van der Waals surface area contributed by atoms with Crippen molar-refractivity contribution in [3.05, 3.63) is 72.9 Å². The molecule has 0 spiro atoms. The van der Waals surface area contributed by atoms with Crippen LogP contribution in [0.5, 0.6) is 0 Å². The lowest BCUT2D eigenvalue weighted by molar-refractivity contribution is -0.154. The zero-order valence-electron chi connectivity index (χ0n) is 29.4. The van der Waals surface area contributed by atoms with Crippen molar-refractivity contribution in [3.8, 4) is 0 Å². The Morgan fingerprint density at radius 3 is 1.51 bits per heavy atom. The predicted octanol–water partition coefficient (Wildman–Crippen LogP) is 11.9. The molecule has 0 saturated heterocycles. The molecule has 258 valence electrons. The van der Waals surface area contributed by atoms with Gasteiger partial charge in [-0.2, -0.15) is 0 Å². The SMILES string of the molecule is CC/C=C\C/C=C\C/C=C\C/C=C\CCC(=O)OC(CO)COCCCCCCCCCCCC/C=C\C/C=C\CCCCC. The first-order valence-electron chi connectivity index (χ1n) is 18.5. The minimum Gasteiger partial charge on any atom is -0.457 e. The fraction of sp³-hybridized carbons (Fsp3) is 0.683. The molecule has 0 amide bonds. The number of esters is 1. The summed E-state index contributed by atoms with van der Waals surface area (Å²) in [6.07, 6.45) is 51.0. The average Bonchev–Trinajstić information content (AvgIpc) is 3.05. The summed E-state index contributed by atoms with van der Waals surface area (Å²) in [5.74, 6) is -0.284. The second-order valence-corrected chi connectivity index (χ2v) is 11.9. The molecule has 1 N–H and O–H groups in total. The third-order valence-corrected chi connectivity index (χ3v) is 7.53. The number of aliphatic hydroxyl groups is 1. The molecule has 0 aliphatic heterocycles. The molecular weight excluding hydrogens is 556 g/mol. The van der Waals surface area contributed by atoms with E-state index < -0.39 is 6.10 Å². The monoisotopic (exact) mass is 627 g/mol. The molecule has 45 heavy (non-hydrogen) atoms. The van der Waals surface area contributed by atoms with E-state index in [9.17, 15) is 9.90 Å². The lowest BCUT2D eigenvalue weighted by Gasteiger charge is -2.15. The van der Waals surface area contributed by atoms with Crippen LogP contribution in [0.1, 0.15) is 155 Å². The molecule has 4 heteroatoms. The average molecular weight is 627 g/mol. The quantitative estimate of drug-likeness (QED) is 0.0447. The number of carbonyl (C=O) groups is 1. The van der Waals surface area contributed by atoms with Crippen LogP contribution < -0.4 is 0 Å². The fourth-order valence-corrected chi connectivity index (χ4v) is 4.78. The maximum Gasteiger partial charge on any atom is 0.306 e. The van der Waals surface area contributed by atoms with Gasteiger partial charge in [-0.3, -0.25) is 4.79 Å². The molecule has 0 rings (SSSR count). The third-order valence-electron chi connectivity index (χ3n) is 7.53. The Bertz CT molecular complexity index is 789. The van der Waals surface area contributed by atoms with Gasteiger partial charge < -0.3 is 14.6 Å². The van der Waals surface area contributed by atoms with Crippen molar-refractivity contribution in [2.24, 2.45) is 0 Å². The van der Waals surface area contributed by atoms with Crippen LogP contribution in [0.25, 0.3) is 0 Å². The second kappa shape index (κ2) is 38.0. The van der Waals surface area contributed by atoms with Crippen LogP contribution in [0.4, 0.5) is 0 Å². The van der Waals surface area contributed by atoms with Crippen molar-refractivity contribution < 1.29 is 19.4 Å². The highest BCUT2D eigenvalue weighted by molar-refractivity contribution is 5.69. The Hall–Kier alpha value is -2.17. The summed E-state index contributed by atoms with van der Waals surface area (Å²) < 4.78 is 11.0. The highest BCUT2D eigenvalue weighted by Crippen LogP contribution is 2.12. The molecule has 0 aromatic rings. The van der Waals surface area contributed by atoms with Gasteiger partial charge in [0.2, 0.25) is 0 Å². The molecular formula is C41H70O4. The van der Waals surface area contributed by atoms with E-state index in [1.165, 1.54) is 89.9 Å². The highest BCUT2D eigenvalue weighted by atomic mass is 16.6. The number of carbonyl (C=O) groups excluding carboxylic acids is 1. The summed E-state index contributed by atoms with van der Waals surface area (Å²) in [5.41, 5.74) is 0. The van der Waals surface area contributed by atoms with Gasteiger partial charge in [-0.05, 0) is 70.6 Å². The zero-order valence-corrected chi connectivity index (χ0v) is 29.4. The van der Waals surface area contributed by atoms with Gasteiger partial charge in [0.25, 0.3) is 0 Å². The van der Waals surface area contributed by atoms with Crippen molar-refractivity contribution in [2.45, 2.75) is 161 Å². The lowest BCUT2D eigenvalue weighted by atomic mass is 10.1. The van der Waals surface area contributed by atoms with Crippen molar-refractivity contribution in [1.82, 2.24) is 0 Å². The van der Waals surface area contributed by atoms with Gasteiger partial charge in [0.1, 0.15) is 6.10 Å². The Labute approximate surface area is 278 Å². The second-order valence-electron chi connectivity index (χ2n) is 11.9. The number of rotatable bonds is 33. The highest BCUT2D eigenvalue weighted by Gasteiger charge is 2.13. The normalized spacial score (nSPS) is 13.2. The van der Waals surface area contributed by atoms with Crippen LogP contribution in [0.3, 0.4) is 0 Å². The molecule has 1 atom stereocenters. The van der Waals surface area contributed by atoms with Crippen LogP contribution in [-0.4, -0.2) is 37.0 Å². The molecule has 0 aromatic heterocycles. The lowest BCUT2D eigenvalue weighted by Crippen LogP contribution is -2.27. The predicted molar refractivity (Wildman–Crippen MR) is 196 cm³/mol. The van der Waals surface area contributed by atoms with Crippen molar-refractivity contribution in [3.63, 3.8) is 0 Å². The van der Waals surface area contributed by atoms with E-state index in [2.05, 4.69) is 80.7 Å². The van der Waals surface area contributed by atoms with Crippen molar-refractivity contribution >= 4 is 5.97 Å². The number of hydrogen-bond donors (Lipinski definition) is 1. The first-order chi connectivity index (χ1) is 22.2. The van der Waals surface area contributed by atoms with E-state index in [0.29, 0.717) is 19.4 Å². The molecule has 0 aliphatic carbocycles. The summed E-state index contributed by atoms with van der Waals surface area (Å²) >= 11 is 0. The van der Waals surface area contributed by atoms with Gasteiger partial charge in [-0.1, -0.05) is 151 Å². The van der Waals surface area contributed by atoms with E-state index in [1.807, 2.05) is 6.08 Å². The summed E-state index contributed by atoms with van der Waals surface area (Å²) in [4.78, 5) is 12.1. The maximum atomic E-state index is 12.1. The van der Waals surface area contributed by atoms with E-state index in [1.54, 1.807) is 0 Å².